The summed E-state index contributed by atoms with van der Waals surface area (Å²) in [7, 11) is 0. The van der Waals surface area contributed by atoms with Gasteiger partial charge in [-0.05, 0) is 31.0 Å². The molecular formula is C15H20ClNO3. The van der Waals surface area contributed by atoms with Crippen LogP contribution >= 0.6 is 11.6 Å². The summed E-state index contributed by atoms with van der Waals surface area (Å²) in [6.45, 7) is 4.08. The molecule has 20 heavy (non-hydrogen) atoms. The lowest BCUT2D eigenvalue weighted by atomic mass is 9.98. The second-order valence-electron chi connectivity index (χ2n) is 4.74. The molecule has 0 aromatic heterocycles. The highest BCUT2D eigenvalue weighted by Gasteiger charge is 2.17. The Labute approximate surface area is 124 Å². The van der Waals surface area contributed by atoms with Crippen molar-refractivity contribution in [1.29, 1.82) is 0 Å². The SMILES string of the molecule is CCCCC(CC)C(=O)Nc1ccc(C(=O)O)c(Cl)c1. The Balaban J connectivity index is 2.74. The van der Waals surface area contributed by atoms with E-state index in [-0.39, 0.29) is 22.4 Å². The average Bonchev–Trinajstić information content (AvgIpc) is 2.39. The van der Waals surface area contributed by atoms with Crippen LogP contribution in [0.4, 0.5) is 5.69 Å². The fourth-order valence-electron chi connectivity index (χ4n) is 1.98. The van der Waals surface area contributed by atoms with E-state index in [4.69, 9.17) is 16.7 Å². The molecule has 0 heterocycles. The molecule has 0 radical (unpaired) electrons. The molecule has 0 saturated carbocycles. The van der Waals surface area contributed by atoms with E-state index in [1.807, 2.05) is 6.92 Å². The van der Waals surface area contributed by atoms with E-state index in [1.54, 1.807) is 6.07 Å². The molecule has 1 aromatic carbocycles. The molecule has 1 rings (SSSR count). The minimum Gasteiger partial charge on any atom is -0.478 e. The monoisotopic (exact) mass is 297 g/mol. The molecule has 1 unspecified atom stereocenters. The summed E-state index contributed by atoms with van der Waals surface area (Å²) in [4.78, 5) is 23.0. The standard InChI is InChI=1S/C15H20ClNO3/c1-3-5-6-10(4-2)14(18)17-11-7-8-12(15(19)20)13(16)9-11/h7-10H,3-6H2,1-2H3,(H,17,18)(H,19,20). The van der Waals surface area contributed by atoms with Gasteiger partial charge in [0, 0.05) is 11.6 Å². The molecule has 5 heteroatoms. The van der Waals surface area contributed by atoms with E-state index in [1.165, 1.54) is 12.1 Å². The number of amides is 1. The van der Waals surface area contributed by atoms with E-state index >= 15 is 0 Å². The summed E-state index contributed by atoms with van der Waals surface area (Å²) in [6, 6.07) is 4.42. The molecular weight excluding hydrogens is 278 g/mol. The van der Waals surface area contributed by atoms with Crippen molar-refractivity contribution in [2.24, 2.45) is 5.92 Å². The zero-order valence-corrected chi connectivity index (χ0v) is 12.5. The third-order valence-electron chi connectivity index (χ3n) is 3.24. The number of rotatable bonds is 7. The smallest absolute Gasteiger partial charge is 0.337 e. The van der Waals surface area contributed by atoms with Crippen LogP contribution in [-0.4, -0.2) is 17.0 Å². The number of carbonyl (C=O) groups is 2. The van der Waals surface area contributed by atoms with Gasteiger partial charge in [-0.3, -0.25) is 4.79 Å². The largest absolute Gasteiger partial charge is 0.478 e. The van der Waals surface area contributed by atoms with Crippen LogP contribution in [-0.2, 0) is 4.79 Å². The number of carboxylic acids is 1. The third kappa shape index (κ3) is 4.53. The lowest BCUT2D eigenvalue weighted by Gasteiger charge is -2.15. The van der Waals surface area contributed by atoms with Crippen molar-refractivity contribution in [2.45, 2.75) is 39.5 Å². The van der Waals surface area contributed by atoms with Crippen molar-refractivity contribution in [2.75, 3.05) is 5.32 Å². The topological polar surface area (TPSA) is 66.4 Å². The zero-order valence-electron chi connectivity index (χ0n) is 11.8. The fourth-order valence-corrected chi connectivity index (χ4v) is 2.24. The molecule has 0 fully saturated rings. The molecule has 110 valence electrons. The highest BCUT2D eigenvalue weighted by atomic mass is 35.5. The van der Waals surface area contributed by atoms with Crippen LogP contribution in [0.25, 0.3) is 0 Å². The van der Waals surface area contributed by atoms with Gasteiger partial charge in [0.2, 0.25) is 5.91 Å². The van der Waals surface area contributed by atoms with Crippen LogP contribution in [0.2, 0.25) is 5.02 Å². The van der Waals surface area contributed by atoms with Gasteiger partial charge in [-0.2, -0.15) is 0 Å². The maximum atomic E-state index is 12.1. The highest BCUT2D eigenvalue weighted by Crippen LogP contribution is 2.22. The number of hydrogen-bond acceptors (Lipinski definition) is 2. The van der Waals surface area contributed by atoms with Gasteiger partial charge in [0.1, 0.15) is 0 Å². The number of hydrogen-bond donors (Lipinski definition) is 2. The Morgan fingerprint density at radius 3 is 2.55 bits per heavy atom. The summed E-state index contributed by atoms with van der Waals surface area (Å²) >= 11 is 5.87. The van der Waals surface area contributed by atoms with Crippen LogP contribution in [0.15, 0.2) is 18.2 Å². The maximum absolute atomic E-state index is 12.1. The Kier molecular flexibility index (Phi) is 6.52. The van der Waals surface area contributed by atoms with Crippen molar-refractivity contribution >= 4 is 29.2 Å². The van der Waals surface area contributed by atoms with Crippen LogP contribution in [0, 0.1) is 5.92 Å². The molecule has 4 nitrogen and oxygen atoms in total. The van der Waals surface area contributed by atoms with Gasteiger partial charge < -0.3 is 10.4 Å². The second kappa shape index (κ2) is 7.90. The van der Waals surface area contributed by atoms with Crippen molar-refractivity contribution in [3.05, 3.63) is 28.8 Å². The van der Waals surface area contributed by atoms with E-state index in [0.717, 1.165) is 25.7 Å². The summed E-state index contributed by atoms with van der Waals surface area (Å²) in [5.74, 6) is -1.14. The van der Waals surface area contributed by atoms with Crippen molar-refractivity contribution in [1.82, 2.24) is 0 Å². The first-order valence-corrected chi connectivity index (χ1v) is 7.21. The lowest BCUT2D eigenvalue weighted by molar-refractivity contribution is -0.120. The third-order valence-corrected chi connectivity index (χ3v) is 3.55. The molecule has 1 atom stereocenters. The number of halogens is 1. The van der Waals surface area contributed by atoms with E-state index < -0.39 is 5.97 Å². The number of nitrogens with one attached hydrogen (secondary N) is 1. The molecule has 1 aromatic rings. The van der Waals surface area contributed by atoms with Crippen LogP contribution in [0.3, 0.4) is 0 Å². The van der Waals surface area contributed by atoms with Gasteiger partial charge in [-0.25, -0.2) is 4.79 Å². The zero-order chi connectivity index (χ0) is 15.1. The number of carboxylic acid groups (broad SMARTS) is 1. The van der Waals surface area contributed by atoms with Crippen molar-refractivity contribution in [3.8, 4) is 0 Å². The van der Waals surface area contributed by atoms with Gasteiger partial charge >= 0.3 is 5.97 Å². The molecule has 0 aliphatic carbocycles. The molecule has 0 spiro atoms. The molecule has 2 N–H and O–H groups in total. The Hall–Kier alpha value is -1.55. The second-order valence-corrected chi connectivity index (χ2v) is 5.14. The minimum absolute atomic E-state index is 0.0205. The molecule has 0 bridgehead atoms. The Morgan fingerprint density at radius 1 is 1.35 bits per heavy atom. The van der Waals surface area contributed by atoms with Crippen LogP contribution in [0.1, 0.15) is 49.9 Å². The molecule has 1 amide bonds. The highest BCUT2D eigenvalue weighted by molar-refractivity contribution is 6.33. The Bertz CT molecular complexity index is 488. The van der Waals surface area contributed by atoms with E-state index in [0.29, 0.717) is 5.69 Å². The summed E-state index contributed by atoms with van der Waals surface area (Å²) in [5, 5.41) is 11.8. The minimum atomic E-state index is -1.08. The summed E-state index contributed by atoms with van der Waals surface area (Å²) in [5.41, 5.74) is 0.558. The fraction of sp³-hybridized carbons (Fsp3) is 0.467. The van der Waals surface area contributed by atoms with Gasteiger partial charge in [0.15, 0.2) is 0 Å². The van der Waals surface area contributed by atoms with Gasteiger partial charge in [0.25, 0.3) is 0 Å². The Morgan fingerprint density at radius 2 is 2.05 bits per heavy atom. The molecule has 0 saturated heterocycles. The number of carbonyl (C=O) groups excluding carboxylic acids is 1. The summed E-state index contributed by atoms with van der Waals surface area (Å²) in [6.07, 6.45) is 3.72. The van der Waals surface area contributed by atoms with Crippen LogP contribution < -0.4 is 5.32 Å². The first kappa shape index (κ1) is 16.5. The molecule has 0 aliphatic heterocycles. The van der Waals surface area contributed by atoms with E-state index in [2.05, 4.69) is 12.2 Å². The average molecular weight is 298 g/mol. The van der Waals surface area contributed by atoms with Gasteiger partial charge in [-0.15, -0.1) is 0 Å². The summed E-state index contributed by atoms with van der Waals surface area (Å²) < 4.78 is 0. The quantitative estimate of drug-likeness (QED) is 0.793. The van der Waals surface area contributed by atoms with Crippen molar-refractivity contribution < 1.29 is 14.7 Å². The predicted octanol–water partition coefficient (Wildman–Crippen LogP) is 4.19. The normalized spacial score (nSPS) is 11.9. The van der Waals surface area contributed by atoms with Gasteiger partial charge in [0.05, 0.1) is 10.6 Å². The van der Waals surface area contributed by atoms with Crippen LogP contribution in [0.5, 0.6) is 0 Å². The first-order chi connectivity index (χ1) is 9.49. The number of unbranched alkanes of at least 4 members (excludes halogenated alkanes) is 1. The maximum Gasteiger partial charge on any atom is 0.337 e. The van der Waals surface area contributed by atoms with E-state index in [9.17, 15) is 9.59 Å². The number of aromatic carboxylic acids is 1. The number of benzene rings is 1. The predicted molar refractivity (Wildman–Crippen MR) is 80.3 cm³/mol. The lowest BCUT2D eigenvalue weighted by Crippen LogP contribution is -2.22. The molecule has 0 aliphatic rings. The van der Waals surface area contributed by atoms with Gasteiger partial charge in [-0.1, -0.05) is 38.3 Å². The number of anilines is 1. The van der Waals surface area contributed by atoms with Crippen molar-refractivity contribution in [3.63, 3.8) is 0 Å². The first-order valence-electron chi connectivity index (χ1n) is 6.83.